The van der Waals surface area contributed by atoms with Crippen LogP contribution in [0.2, 0.25) is 0 Å². The van der Waals surface area contributed by atoms with Gasteiger partial charge in [-0.15, -0.1) is 0 Å². The van der Waals surface area contributed by atoms with Gasteiger partial charge in [-0.3, -0.25) is 14.4 Å². The molecule has 0 bridgehead atoms. The highest BCUT2D eigenvalue weighted by atomic mass is 16.8. The molecule has 0 spiro atoms. The van der Waals surface area contributed by atoms with E-state index in [1.54, 1.807) is 0 Å². The van der Waals surface area contributed by atoms with E-state index in [0.29, 0.717) is 0 Å². The van der Waals surface area contributed by atoms with Gasteiger partial charge in [0, 0.05) is 31.8 Å². The quantitative estimate of drug-likeness (QED) is 0.0399. The molecule has 0 aromatic heterocycles. The highest BCUT2D eigenvalue weighted by Crippen LogP contribution is 2.37. The number of carbonyl (C=O) groups excluding carboxylic acids is 3. The monoisotopic (exact) mass is 1230 g/mol. The number of carbonyl (C=O) groups is 3. The van der Waals surface area contributed by atoms with Gasteiger partial charge in [0.2, 0.25) is 17.7 Å². The molecule has 0 aliphatic carbocycles. The third-order valence-corrected chi connectivity index (χ3v) is 14.8. The zero-order valence-corrected chi connectivity index (χ0v) is 46.6. The first-order valence-electron chi connectivity index (χ1n) is 27.5. The predicted molar refractivity (Wildman–Crippen MR) is 268 cm³/mol. The van der Waals surface area contributed by atoms with Crippen molar-refractivity contribution in [3.8, 4) is 0 Å². The summed E-state index contributed by atoms with van der Waals surface area (Å²) in [6.07, 6.45) is -54.1. The van der Waals surface area contributed by atoms with Crippen molar-refractivity contribution >= 4 is 17.7 Å². The topological polar surface area (TPSA) is 542 Å². The Morgan fingerprint density at radius 2 is 0.845 bits per heavy atom. The fourth-order valence-corrected chi connectivity index (χ4v) is 10.3. The minimum atomic E-state index is -2.24. The largest absolute Gasteiger partial charge is 0.394 e. The molecule has 488 valence electrons. The summed E-state index contributed by atoms with van der Waals surface area (Å²) in [5, 5.41) is 193. The van der Waals surface area contributed by atoms with E-state index < -0.39 is 235 Å². The Morgan fingerprint density at radius 3 is 1.40 bits per heavy atom. The summed E-state index contributed by atoms with van der Waals surface area (Å²) in [7, 11) is 0. The lowest BCUT2D eigenvalue weighted by Gasteiger charge is -2.51. The summed E-state index contributed by atoms with van der Waals surface area (Å²) in [4.78, 5) is 37.2. The van der Waals surface area contributed by atoms with Crippen LogP contribution in [0.3, 0.4) is 0 Å². The lowest BCUT2D eigenvalue weighted by atomic mass is 9.94. The van der Waals surface area contributed by atoms with Gasteiger partial charge < -0.3 is 160 Å². The number of hydrogen-bond donors (Lipinski definition) is 20. The maximum Gasteiger partial charge on any atom is 0.220 e. The van der Waals surface area contributed by atoms with E-state index in [2.05, 4.69) is 16.0 Å². The van der Waals surface area contributed by atoms with Crippen LogP contribution in [0.15, 0.2) is 0 Å². The molecule has 6 fully saturated rings. The summed E-state index contributed by atoms with van der Waals surface area (Å²) >= 11 is 0. The van der Waals surface area contributed by atoms with Crippen LogP contribution in [-0.4, -0.2) is 340 Å². The van der Waals surface area contributed by atoms with E-state index in [0.717, 1.165) is 6.92 Å². The Kier molecular flexibility index (Phi) is 26.1. The number of nitrogens with one attached hydrogen (secondary N) is 3. The Bertz CT molecular complexity index is 2050. The van der Waals surface area contributed by atoms with Crippen molar-refractivity contribution < 1.29 is 158 Å². The van der Waals surface area contributed by atoms with Crippen LogP contribution < -0.4 is 16.0 Å². The van der Waals surface area contributed by atoms with Crippen molar-refractivity contribution in [3.05, 3.63) is 0 Å². The molecule has 35 nitrogen and oxygen atoms in total. The van der Waals surface area contributed by atoms with E-state index in [4.69, 9.17) is 56.8 Å². The minimum absolute atomic E-state index is 0.0264. The van der Waals surface area contributed by atoms with Gasteiger partial charge in [0.25, 0.3) is 0 Å². The maximum absolute atomic E-state index is 12.9. The molecule has 6 aliphatic heterocycles. The van der Waals surface area contributed by atoms with Gasteiger partial charge in [0.1, 0.15) is 140 Å². The van der Waals surface area contributed by atoms with Gasteiger partial charge in [0.05, 0.1) is 45.7 Å². The minimum Gasteiger partial charge on any atom is -0.394 e. The fraction of sp³-hybridized carbons (Fsp3) is 0.939. The van der Waals surface area contributed by atoms with Gasteiger partial charge in [0.15, 0.2) is 37.7 Å². The van der Waals surface area contributed by atoms with Crippen molar-refractivity contribution in [2.75, 3.05) is 46.2 Å². The zero-order valence-electron chi connectivity index (χ0n) is 46.6. The van der Waals surface area contributed by atoms with Crippen LogP contribution in [-0.2, 0) is 71.2 Å². The number of hydrogen-bond acceptors (Lipinski definition) is 32. The molecule has 20 N–H and O–H groups in total. The van der Waals surface area contributed by atoms with Crippen molar-refractivity contribution in [1.82, 2.24) is 16.0 Å². The number of rotatable bonds is 24. The Morgan fingerprint density at radius 1 is 0.429 bits per heavy atom. The third-order valence-electron chi connectivity index (χ3n) is 14.8. The van der Waals surface area contributed by atoms with Gasteiger partial charge >= 0.3 is 0 Å². The molecule has 0 aromatic rings. The van der Waals surface area contributed by atoms with Gasteiger partial charge in [-0.2, -0.15) is 0 Å². The van der Waals surface area contributed by atoms with Crippen molar-refractivity contribution in [2.24, 2.45) is 0 Å². The number of ether oxygens (including phenoxy) is 12. The standard InChI is InChI=1S/C49H85N3O32/c1-16-26(61)30(65)34(69)45(74-16)84-42-31(66)27(62)18(11-53)77-48(42)82-40-25(51-17(2)58)43(75-19(12-54)28(40)63)83-41-29(64)20(13-55)76-47(37(41)72)81-39-22(15-57)79-46(36(71)33(39)68)80-38-21(14-56)78-44(35(70)32(38)67)73-10-9-50-23(59)7-6-8-24(60)52-49(3,4)5/h16,18-22,25-48,53-57,61-72H,6-15H2,1-5H3,(H,50,59)(H,51,58)(H,52,60)/t16?,18?,19?,20?,21?,22?,25?,26-,27+,28+,29+,30?,31?,32?,33?,34?,35?,36?,37?,38+,39+,40?,41?,42?,43+,44-,45+,46+,47-,48+/m1/s1. The van der Waals surface area contributed by atoms with Gasteiger partial charge in [-0.05, 0) is 34.1 Å². The molecule has 84 heavy (non-hydrogen) atoms. The molecule has 0 saturated carbocycles. The first-order chi connectivity index (χ1) is 39.6. The summed E-state index contributed by atoms with van der Waals surface area (Å²) in [6.45, 7) is 2.48. The zero-order chi connectivity index (χ0) is 62.2. The smallest absolute Gasteiger partial charge is 0.220 e. The highest BCUT2D eigenvalue weighted by Gasteiger charge is 2.58. The van der Waals surface area contributed by atoms with Gasteiger partial charge in [-0.1, -0.05) is 0 Å². The van der Waals surface area contributed by atoms with E-state index in [9.17, 15) is 101 Å². The van der Waals surface area contributed by atoms with Crippen LogP contribution in [0.4, 0.5) is 0 Å². The van der Waals surface area contributed by atoms with Crippen LogP contribution in [0.5, 0.6) is 0 Å². The Balaban J connectivity index is 1.12. The van der Waals surface area contributed by atoms with Crippen LogP contribution in [0.1, 0.15) is 53.9 Å². The number of aliphatic hydroxyl groups excluding tert-OH is 17. The molecule has 6 rings (SSSR count). The Labute approximate surface area is 480 Å². The molecule has 3 amide bonds. The van der Waals surface area contributed by atoms with E-state index >= 15 is 0 Å². The lowest BCUT2D eigenvalue weighted by molar-refractivity contribution is -0.393. The highest BCUT2D eigenvalue weighted by molar-refractivity contribution is 5.79. The molecule has 0 aromatic carbocycles. The SMILES string of the molecule is CC(=O)NC1C(O[C@@H]2OC(CO)[C@H](O)C(O)C2O[C@@H]2OC(C)[C@@H](O)C(O)C2O)[C@@H](O)C(CO)O[C@H]1OC1C(O)[C@@H](O[C@H]2C(CO)O[C@@H](O[C@H]3C(CO)O[C@@H](OCCNC(=O)CCCC(=O)NC(C)(C)C)C(O)C3O)C(O)C2O)OC(CO)[C@@H]1O. The molecule has 30 atom stereocenters. The van der Waals surface area contributed by atoms with Crippen LogP contribution >= 0.6 is 0 Å². The molecule has 0 radical (unpaired) electrons. The Hall–Kier alpha value is -2.75. The van der Waals surface area contributed by atoms with Crippen LogP contribution in [0, 0.1) is 0 Å². The molecule has 6 heterocycles. The molecule has 35 heteroatoms. The molecule has 18 unspecified atom stereocenters. The fourth-order valence-electron chi connectivity index (χ4n) is 10.3. The summed E-state index contributed by atoms with van der Waals surface area (Å²) < 4.78 is 69.2. The van der Waals surface area contributed by atoms with Crippen molar-refractivity contribution in [3.63, 3.8) is 0 Å². The van der Waals surface area contributed by atoms with Gasteiger partial charge in [-0.25, -0.2) is 0 Å². The van der Waals surface area contributed by atoms with Crippen LogP contribution in [0.25, 0.3) is 0 Å². The average Bonchev–Trinajstić information content (AvgIpc) is 3.61. The second kappa shape index (κ2) is 31.1. The van der Waals surface area contributed by atoms with Crippen molar-refractivity contribution in [2.45, 2.75) is 244 Å². The predicted octanol–water partition coefficient (Wildman–Crippen LogP) is -11.7. The average molecular weight is 1230 g/mol. The second-order valence-electron chi connectivity index (χ2n) is 22.3. The van der Waals surface area contributed by atoms with E-state index in [-0.39, 0.29) is 38.3 Å². The van der Waals surface area contributed by atoms with E-state index in [1.807, 2.05) is 20.8 Å². The third kappa shape index (κ3) is 16.9. The summed E-state index contributed by atoms with van der Waals surface area (Å²) in [5.74, 6) is -1.49. The lowest BCUT2D eigenvalue weighted by Crippen LogP contribution is -2.70. The second-order valence-corrected chi connectivity index (χ2v) is 22.3. The number of amides is 3. The molecular weight excluding hydrogens is 1140 g/mol. The number of aliphatic hydroxyl groups is 17. The normalized spacial score (nSPS) is 44.9. The molecule has 6 aliphatic rings. The summed E-state index contributed by atoms with van der Waals surface area (Å²) in [5.41, 5.74) is -0.434. The van der Waals surface area contributed by atoms with Crippen molar-refractivity contribution in [1.29, 1.82) is 0 Å². The molecule has 6 saturated heterocycles. The molecular formula is C49H85N3O32. The first-order valence-corrected chi connectivity index (χ1v) is 27.5. The first kappa shape index (κ1) is 70.3. The summed E-state index contributed by atoms with van der Waals surface area (Å²) in [6, 6.07) is -1.81. The maximum atomic E-state index is 12.9. The van der Waals surface area contributed by atoms with E-state index in [1.165, 1.54) is 6.92 Å².